The van der Waals surface area contributed by atoms with E-state index in [4.69, 9.17) is 5.73 Å². The standard InChI is InChI=1S/C17H24N4S.HI/c1-12(2)14-6-4-7-15(10-14)21-17(18)19-9-5-8-16-20-13(3)11-22-16;/h4,6-7,10-12H,5,8-9H2,1-3H3,(H3,18,19,21);1H. The fourth-order valence-electron chi connectivity index (χ4n) is 2.11. The fraction of sp³-hybridized carbons (Fsp3) is 0.412. The van der Waals surface area contributed by atoms with Crippen LogP contribution in [0.4, 0.5) is 5.69 Å². The zero-order chi connectivity index (χ0) is 15.9. The van der Waals surface area contributed by atoms with Crippen LogP contribution in [0.15, 0.2) is 34.6 Å². The van der Waals surface area contributed by atoms with Crippen LogP contribution >= 0.6 is 35.3 Å². The fourth-order valence-corrected chi connectivity index (χ4v) is 2.93. The molecule has 3 N–H and O–H groups in total. The summed E-state index contributed by atoms with van der Waals surface area (Å²) in [7, 11) is 0. The maximum absolute atomic E-state index is 5.94. The molecule has 6 heteroatoms. The van der Waals surface area contributed by atoms with Crippen molar-refractivity contribution in [3.63, 3.8) is 0 Å². The first-order valence-electron chi connectivity index (χ1n) is 7.62. The van der Waals surface area contributed by atoms with Gasteiger partial charge in [0.15, 0.2) is 5.96 Å². The first-order valence-corrected chi connectivity index (χ1v) is 8.50. The van der Waals surface area contributed by atoms with E-state index in [1.165, 1.54) is 10.6 Å². The summed E-state index contributed by atoms with van der Waals surface area (Å²) in [5.41, 5.74) is 9.31. The minimum atomic E-state index is 0. The SMILES string of the molecule is Cc1csc(CCCN=C(N)Nc2cccc(C(C)C)c2)n1.I. The Hall–Kier alpha value is -1.15. The van der Waals surface area contributed by atoms with E-state index in [-0.39, 0.29) is 24.0 Å². The summed E-state index contributed by atoms with van der Waals surface area (Å²) in [4.78, 5) is 8.82. The highest BCUT2D eigenvalue weighted by Gasteiger charge is 2.01. The highest BCUT2D eigenvalue weighted by atomic mass is 127. The van der Waals surface area contributed by atoms with Gasteiger partial charge in [0.1, 0.15) is 0 Å². The largest absolute Gasteiger partial charge is 0.370 e. The minimum absolute atomic E-state index is 0. The lowest BCUT2D eigenvalue weighted by Gasteiger charge is -2.09. The van der Waals surface area contributed by atoms with E-state index in [0.717, 1.165) is 24.2 Å². The van der Waals surface area contributed by atoms with Crippen LogP contribution in [0.1, 0.15) is 42.5 Å². The summed E-state index contributed by atoms with van der Waals surface area (Å²) in [6.45, 7) is 7.08. The summed E-state index contributed by atoms with van der Waals surface area (Å²) < 4.78 is 0. The van der Waals surface area contributed by atoms with Crippen LogP contribution in [0, 0.1) is 6.92 Å². The van der Waals surface area contributed by atoms with E-state index in [0.29, 0.717) is 18.4 Å². The van der Waals surface area contributed by atoms with Crippen molar-refractivity contribution in [2.45, 2.75) is 39.5 Å². The lowest BCUT2D eigenvalue weighted by atomic mass is 10.0. The predicted octanol–water partition coefficient (Wildman–Crippen LogP) is 4.55. The number of nitrogens with zero attached hydrogens (tertiary/aromatic N) is 2. The van der Waals surface area contributed by atoms with Gasteiger partial charge in [0.2, 0.25) is 0 Å². The Kier molecular flexibility index (Phi) is 8.54. The third kappa shape index (κ3) is 6.87. The van der Waals surface area contributed by atoms with Crippen molar-refractivity contribution in [2.24, 2.45) is 10.7 Å². The molecule has 23 heavy (non-hydrogen) atoms. The molecule has 126 valence electrons. The molecule has 0 fully saturated rings. The van der Waals surface area contributed by atoms with Crippen LogP contribution in [-0.4, -0.2) is 17.5 Å². The molecule has 0 spiro atoms. The molecule has 0 aliphatic heterocycles. The molecular weight excluding hydrogens is 419 g/mol. The van der Waals surface area contributed by atoms with Crippen LogP contribution in [0.2, 0.25) is 0 Å². The van der Waals surface area contributed by atoms with E-state index < -0.39 is 0 Å². The Morgan fingerprint density at radius 2 is 2.17 bits per heavy atom. The number of thiazole rings is 1. The van der Waals surface area contributed by atoms with Crippen molar-refractivity contribution in [3.05, 3.63) is 45.9 Å². The smallest absolute Gasteiger partial charge is 0.193 e. The van der Waals surface area contributed by atoms with Gasteiger partial charge in [0.05, 0.1) is 5.01 Å². The van der Waals surface area contributed by atoms with Crippen molar-refractivity contribution >= 4 is 47.0 Å². The van der Waals surface area contributed by atoms with Crippen LogP contribution in [0.5, 0.6) is 0 Å². The molecule has 1 heterocycles. The highest BCUT2D eigenvalue weighted by molar-refractivity contribution is 14.0. The molecule has 4 nitrogen and oxygen atoms in total. The minimum Gasteiger partial charge on any atom is -0.370 e. The molecule has 0 amide bonds. The van der Waals surface area contributed by atoms with E-state index in [2.05, 4.69) is 46.7 Å². The summed E-state index contributed by atoms with van der Waals surface area (Å²) in [5.74, 6) is 0.970. The van der Waals surface area contributed by atoms with Gasteiger partial charge in [-0.2, -0.15) is 0 Å². The van der Waals surface area contributed by atoms with Crippen LogP contribution in [-0.2, 0) is 6.42 Å². The molecule has 0 saturated carbocycles. The molecule has 0 unspecified atom stereocenters. The summed E-state index contributed by atoms with van der Waals surface area (Å²) in [6.07, 6.45) is 1.92. The monoisotopic (exact) mass is 444 g/mol. The number of nitrogens with two attached hydrogens (primary N) is 1. The van der Waals surface area contributed by atoms with Crippen LogP contribution in [0.3, 0.4) is 0 Å². The molecule has 0 radical (unpaired) electrons. The van der Waals surface area contributed by atoms with Crippen molar-refractivity contribution < 1.29 is 0 Å². The molecule has 0 atom stereocenters. The van der Waals surface area contributed by atoms with Crippen molar-refractivity contribution in [1.82, 2.24) is 4.98 Å². The number of rotatable bonds is 6. The third-order valence-electron chi connectivity index (χ3n) is 3.32. The van der Waals surface area contributed by atoms with Crippen molar-refractivity contribution in [1.29, 1.82) is 0 Å². The number of hydrogen-bond acceptors (Lipinski definition) is 3. The molecular formula is C17H25IN4S. The molecule has 2 aromatic rings. The van der Waals surface area contributed by atoms with Gasteiger partial charge in [-0.05, 0) is 37.0 Å². The maximum Gasteiger partial charge on any atom is 0.193 e. The zero-order valence-corrected chi connectivity index (χ0v) is 17.0. The summed E-state index contributed by atoms with van der Waals surface area (Å²) in [5, 5.41) is 6.40. The van der Waals surface area contributed by atoms with Gasteiger partial charge in [-0.3, -0.25) is 4.99 Å². The average Bonchev–Trinajstić information content (AvgIpc) is 2.89. The Morgan fingerprint density at radius 1 is 1.39 bits per heavy atom. The van der Waals surface area contributed by atoms with Gasteiger partial charge in [0.25, 0.3) is 0 Å². The normalized spacial score (nSPS) is 11.4. The molecule has 1 aromatic heterocycles. The van der Waals surface area contributed by atoms with Gasteiger partial charge in [0, 0.05) is 29.7 Å². The van der Waals surface area contributed by atoms with Gasteiger partial charge >= 0.3 is 0 Å². The molecule has 0 aliphatic rings. The van der Waals surface area contributed by atoms with Crippen LogP contribution in [0.25, 0.3) is 0 Å². The Labute approximate surface area is 159 Å². The maximum atomic E-state index is 5.94. The molecule has 0 aliphatic carbocycles. The quantitative estimate of drug-likeness (QED) is 0.297. The number of aryl methyl sites for hydroxylation is 2. The lowest BCUT2D eigenvalue weighted by Crippen LogP contribution is -2.23. The van der Waals surface area contributed by atoms with Crippen molar-refractivity contribution in [2.75, 3.05) is 11.9 Å². The van der Waals surface area contributed by atoms with E-state index >= 15 is 0 Å². The number of guanidine groups is 1. The second-order valence-electron chi connectivity index (χ2n) is 5.66. The molecule has 0 saturated heterocycles. The number of anilines is 1. The molecule has 2 rings (SSSR count). The van der Waals surface area contributed by atoms with Gasteiger partial charge in [-0.1, -0.05) is 26.0 Å². The second kappa shape index (κ2) is 9.87. The average molecular weight is 444 g/mol. The lowest BCUT2D eigenvalue weighted by molar-refractivity contribution is 0.823. The summed E-state index contributed by atoms with van der Waals surface area (Å²) >= 11 is 1.71. The first kappa shape index (κ1) is 19.9. The number of halogens is 1. The highest BCUT2D eigenvalue weighted by Crippen LogP contribution is 2.18. The van der Waals surface area contributed by atoms with E-state index in [1.54, 1.807) is 11.3 Å². The number of benzene rings is 1. The topological polar surface area (TPSA) is 63.3 Å². The molecule has 0 bridgehead atoms. The zero-order valence-electron chi connectivity index (χ0n) is 13.9. The Balaban J connectivity index is 0.00000264. The number of aromatic nitrogens is 1. The number of nitrogens with one attached hydrogen (secondary N) is 1. The molecule has 1 aromatic carbocycles. The number of hydrogen-bond donors (Lipinski definition) is 2. The van der Waals surface area contributed by atoms with Crippen molar-refractivity contribution in [3.8, 4) is 0 Å². The van der Waals surface area contributed by atoms with Crippen LogP contribution < -0.4 is 11.1 Å². The first-order chi connectivity index (χ1) is 10.5. The number of aliphatic imine (C=N–C) groups is 1. The van der Waals surface area contributed by atoms with E-state index in [9.17, 15) is 0 Å². The van der Waals surface area contributed by atoms with Gasteiger partial charge in [-0.15, -0.1) is 35.3 Å². The Morgan fingerprint density at radius 3 is 2.83 bits per heavy atom. The van der Waals surface area contributed by atoms with Gasteiger partial charge < -0.3 is 11.1 Å². The predicted molar refractivity (Wildman–Crippen MR) is 111 cm³/mol. The second-order valence-corrected chi connectivity index (χ2v) is 6.60. The Bertz CT molecular complexity index is 637. The van der Waals surface area contributed by atoms with E-state index in [1.807, 2.05) is 19.1 Å². The van der Waals surface area contributed by atoms with Gasteiger partial charge in [-0.25, -0.2) is 4.98 Å². The third-order valence-corrected chi connectivity index (χ3v) is 4.35. The summed E-state index contributed by atoms with van der Waals surface area (Å²) in [6, 6.07) is 8.28.